The predicted octanol–water partition coefficient (Wildman–Crippen LogP) is 1.82. The number of alkyl halides is 3. The molecular formula is C9H7F3N4O. The molecular weight excluding hydrogens is 237 g/mol. The van der Waals surface area contributed by atoms with E-state index in [1.165, 1.54) is 18.3 Å². The monoisotopic (exact) mass is 244 g/mol. The van der Waals surface area contributed by atoms with Crippen LogP contribution in [0.4, 0.5) is 18.9 Å². The molecule has 0 saturated carbocycles. The lowest BCUT2D eigenvalue weighted by Gasteiger charge is -1.99. The van der Waals surface area contributed by atoms with E-state index in [1.54, 1.807) is 0 Å². The summed E-state index contributed by atoms with van der Waals surface area (Å²) in [6, 6.07) is 3.02. The van der Waals surface area contributed by atoms with Crippen LogP contribution in [0.5, 0.6) is 0 Å². The summed E-state index contributed by atoms with van der Waals surface area (Å²) >= 11 is 0. The summed E-state index contributed by atoms with van der Waals surface area (Å²) in [7, 11) is 0. The van der Waals surface area contributed by atoms with Gasteiger partial charge in [0.1, 0.15) is 12.1 Å². The van der Waals surface area contributed by atoms with Crippen LogP contribution in [0.3, 0.4) is 0 Å². The van der Waals surface area contributed by atoms with E-state index in [0.717, 1.165) is 0 Å². The van der Waals surface area contributed by atoms with Crippen molar-refractivity contribution in [3.05, 3.63) is 24.2 Å². The van der Waals surface area contributed by atoms with Crippen LogP contribution in [0.2, 0.25) is 0 Å². The lowest BCUT2D eigenvalue weighted by Crippen LogP contribution is -2.12. The first-order valence-corrected chi connectivity index (χ1v) is 4.55. The maximum Gasteiger partial charge on any atom is 0.396 e. The molecule has 0 radical (unpaired) electrons. The Morgan fingerprint density at radius 1 is 1.29 bits per heavy atom. The molecule has 2 aromatic rings. The Balaban J connectivity index is 2.21. The minimum atomic E-state index is -4.37. The molecule has 0 amide bonds. The van der Waals surface area contributed by atoms with Gasteiger partial charge in [-0.2, -0.15) is 18.2 Å². The van der Waals surface area contributed by atoms with Crippen LogP contribution in [0, 0.1) is 0 Å². The number of nitrogen functional groups attached to an aromatic ring is 1. The maximum atomic E-state index is 12.1. The molecule has 2 rings (SSSR count). The Kier molecular flexibility index (Phi) is 2.70. The van der Waals surface area contributed by atoms with Crippen molar-refractivity contribution in [2.75, 3.05) is 5.73 Å². The van der Waals surface area contributed by atoms with Gasteiger partial charge in [-0.3, -0.25) is 0 Å². The molecule has 2 aromatic heterocycles. The highest BCUT2D eigenvalue weighted by Crippen LogP contribution is 2.21. The van der Waals surface area contributed by atoms with Crippen LogP contribution >= 0.6 is 0 Å². The van der Waals surface area contributed by atoms with Crippen LogP contribution in [-0.4, -0.2) is 21.3 Å². The summed E-state index contributed by atoms with van der Waals surface area (Å²) in [5.74, 6) is -0.490. The molecule has 0 aromatic carbocycles. The number of rotatable bonds is 2. The van der Waals surface area contributed by atoms with Crippen molar-refractivity contribution >= 4 is 5.69 Å². The molecule has 0 spiro atoms. The topological polar surface area (TPSA) is 77.8 Å². The van der Waals surface area contributed by atoms with Gasteiger partial charge in [-0.05, 0) is 12.1 Å². The average molecular weight is 244 g/mol. The largest absolute Gasteiger partial charge is 0.397 e. The van der Waals surface area contributed by atoms with Crippen LogP contribution in [0.15, 0.2) is 22.9 Å². The second-order valence-electron chi connectivity index (χ2n) is 3.28. The molecule has 0 aliphatic heterocycles. The molecule has 0 atom stereocenters. The number of anilines is 1. The molecule has 2 N–H and O–H groups in total. The molecule has 0 unspecified atom stereocenters. The summed E-state index contributed by atoms with van der Waals surface area (Å²) in [6.07, 6.45) is -4.25. The smallest absolute Gasteiger partial charge is 0.396 e. The first kappa shape index (κ1) is 11.4. The lowest BCUT2D eigenvalue weighted by molar-refractivity contribution is -0.128. The Hall–Kier alpha value is -2.12. The van der Waals surface area contributed by atoms with Crippen LogP contribution in [0.1, 0.15) is 5.82 Å². The van der Waals surface area contributed by atoms with Gasteiger partial charge in [0.05, 0.1) is 11.9 Å². The summed E-state index contributed by atoms with van der Waals surface area (Å²) in [5, 5.41) is 3.22. The zero-order chi connectivity index (χ0) is 12.5. The third-order valence-electron chi connectivity index (χ3n) is 1.83. The quantitative estimate of drug-likeness (QED) is 0.871. The molecule has 0 fully saturated rings. The summed E-state index contributed by atoms with van der Waals surface area (Å²) in [6.45, 7) is 0. The van der Waals surface area contributed by atoms with E-state index in [0.29, 0.717) is 5.69 Å². The van der Waals surface area contributed by atoms with Gasteiger partial charge in [-0.25, -0.2) is 4.98 Å². The molecule has 90 valence electrons. The Bertz CT molecular complexity index is 506. The van der Waals surface area contributed by atoms with Gasteiger partial charge < -0.3 is 10.3 Å². The number of aromatic nitrogens is 3. The van der Waals surface area contributed by atoms with E-state index in [4.69, 9.17) is 5.73 Å². The van der Waals surface area contributed by atoms with Crippen molar-refractivity contribution in [2.24, 2.45) is 0 Å². The first-order valence-electron chi connectivity index (χ1n) is 4.55. The van der Waals surface area contributed by atoms with Gasteiger partial charge in [0.25, 0.3) is 5.89 Å². The van der Waals surface area contributed by atoms with Crippen LogP contribution in [0.25, 0.3) is 11.6 Å². The zero-order valence-electron chi connectivity index (χ0n) is 8.40. The normalized spacial score (nSPS) is 11.7. The highest BCUT2D eigenvalue weighted by Gasteiger charge is 2.30. The maximum absolute atomic E-state index is 12.1. The number of hydrogen-bond donors (Lipinski definition) is 1. The van der Waals surface area contributed by atoms with E-state index >= 15 is 0 Å². The minimum absolute atomic E-state index is 0.0655. The van der Waals surface area contributed by atoms with Crippen molar-refractivity contribution in [1.82, 2.24) is 15.1 Å². The summed E-state index contributed by atoms with van der Waals surface area (Å²) < 4.78 is 40.8. The fourth-order valence-corrected chi connectivity index (χ4v) is 1.14. The van der Waals surface area contributed by atoms with Crippen LogP contribution in [-0.2, 0) is 6.42 Å². The second-order valence-corrected chi connectivity index (χ2v) is 3.28. The predicted molar refractivity (Wildman–Crippen MR) is 51.7 cm³/mol. The average Bonchev–Trinajstić information content (AvgIpc) is 2.64. The molecule has 2 heterocycles. The molecule has 0 aliphatic rings. The number of pyridine rings is 1. The Morgan fingerprint density at radius 3 is 2.65 bits per heavy atom. The molecule has 17 heavy (non-hydrogen) atoms. The third kappa shape index (κ3) is 2.92. The molecule has 0 aliphatic carbocycles. The minimum Gasteiger partial charge on any atom is -0.397 e. The van der Waals surface area contributed by atoms with Crippen molar-refractivity contribution < 1.29 is 17.7 Å². The summed E-state index contributed by atoms with van der Waals surface area (Å²) in [4.78, 5) is 7.45. The van der Waals surface area contributed by atoms with Gasteiger partial charge >= 0.3 is 6.18 Å². The molecule has 5 nitrogen and oxygen atoms in total. The third-order valence-corrected chi connectivity index (χ3v) is 1.83. The van der Waals surface area contributed by atoms with Crippen LogP contribution < -0.4 is 5.73 Å². The molecule has 0 saturated heterocycles. The summed E-state index contributed by atoms with van der Waals surface area (Å²) in [5.41, 5.74) is 6.13. The zero-order valence-corrected chi connectivity index (χ0v) is 8.40. The van der Waals surface area contributed by atoms with E-state index in [-0.39, 0.29) is 11.6 Å². The van der Waals surface area contributed by atoms with Gasteiger partial charge in [-0.1, -0.05) is 5.16 Å². The standard InChI is InChI=1S/C9H7F3N4O/c10-9(11,12)3-7-15-8(17-16-7)6-2-1-5(13)4-14-6/h1-2,4H,3,13H2. The highest BCUT2D eigenvalue weighted by atomic mass is 19.4. The van der Waals surface area contributed by atoms with Gasteiger partial charge in [0, 0.05) is 0 Å². The van der Waals surface area contributed by atoms with Crippen molar-refractivity contribution in [1.29, 1.82) is 0 Å². The van der Waals surface area contributed by atoms with E-state index in [2.05, 4.69) is 19.6 Å². The fraction of sp³-hybridized carbons (Fsp3) is 0.222. The molecule has 0 bridgehead atoms. The number of nitrogens with zero attached hydrogens (tertiary/aromatic N) is 3. The van der Waals surface area contributed by atoms with E-state index in [9.17, 15) is 13.2 Å². The number of nitrogens with two attached hydrogens (primary N) is 1. The van der Waals surface area contributed by atoms with Crippen molar-refractivity contribution in [3.63, 3.8) is 0 Å². The van der Waals surface area contributed by atoms with Gasteiger partial charge in [0.15, 0.2) is 5.82 Å². The number of hydrogen-bond acceptors (Lipinski definition) is 5. The van der Waals surface area contributed by atoms with Crippen molar-refractivity contribution in [3.8, 4) is 11.6 Å². The van der Waals surface area contributed by atoms with Gasteiger partial charge in [0.2, 0.25) is 0 Å². The highest BCUT2D eigenvalue weighted by molar-refractivity contribution is 5.50. The fourth-order valence-electron chi connectivity index (χ4n) is 1.14. The Morgan fingerprint density at radius 2 is 2.06 bits per heavy atom. The number of halogens is 3. The van der Waals surface area contributed by atoms with E-state index < -0.39 is 18.4 Å². The first-order chi connectivity index (χ1) is 7.94. The van der Waals surface area contributed by atoms with E-state index in [1.807, 2.05) is 0 Å². The molecule has 8 heteroatoms. The van der Waals surface area contributed by atoms with Crippen molar-refractivity contribution in [2.45, 2.75) is 12.6 Å². The Labute approximate surface area is 93.5 Å². The van der Waals surface area contributed by atoms with Gasteiger partial charge in [-0.15, -0.1) is 0 Å². The lowest BCUT2D eigenvalue weighted by atomic mass is 10.3. The second kappa shape index (κ2) is 4.04. The SMILES string of the molecule is Nc1ccc(-c2nc(CC(F)(F)F)no2)nc1.